The molecule has 0 fully saturated rings. The number of hydrogen-bond donors (Lipinski definition) is 1. The van der Waals surface area contributed by atoms with Crippen molar-refractivity contribution in [1.29, 1.82) is 0 Å². The second-order valence-electron chi connectivity index (χ2n) is 9.56. The molecule has 1 aliphatic rings. The summed E-state index contributed by atoms with van der Waals surface area (Å²) in [5, 5.41) is 2.98. The molecule has 4 rings (SSSR count). The lowest BCUT2D eigenvalue weighted by Gasteiger charge is -2.38. The van der Waals surface area contributed by atoms with Crippen molar-refractivity contribution in [3.63, 3.8) is 0 Å². The first-order chi connectivity index (χ1) is 16.4. The molecule has 0 radical (unpaired) electrons. The van der Waals surface area contributed by atoms with Crippen molar-refractivity contribution in [2.45, 2.75) is 65.3 Å². The summed E-state index contributed by atoms with van der Waals surface area (Å²) in [6.07, 6.45) is 1.12. The second kappa shape index (κ2) is 10.9. The molecule has 1 heterocycles. The monoisotopic (exact) mass is 456 g/mol. The lowest BCUT2D eigenvalue weighted by atomic mass is 9.87. The highest BCUT2D eigenvalue weighted by Gasteiger charge is 2.30. The number of rotatable bonds is 8. The third kappa shape index (κ3) is 5.68. The van der Waals surface area contributed by atoms with E-state index in [2.05, 4.69) is 83.9 Å². The van der Waals surface area contributed by atoms with Crippen molar-refractivity contribution in [1.82, 2.24) is 10.2 Å². The molecule has 178 valence electrons. The summed E-state index contributed by atoms with van der Waals surface area (Å²) < 4.78 is 6.22. The van der Waals surface area contributed by atoms with Crippen LogP contribution in [0.5, 0.6) is 5.75 Å². The third-order valence-electron chi connectivity index (χ3n) is 6.40. The Hall–Kier alpha value is -3.11. The van der Waals surface area contributed by atoms with Crippen molar-refractivity contribution in [2.24, 2.45) is 0 Å². The predicted molar refractivity (Wildman–Crippen MR) is 138 cm³/mol. The molecular formula is C30H36N2O2. The van der Waals surface area contributed by atoms with E-state index in [4.69, 9.17) is 4.74 Å². The van der Waals surface area contributed by atoms with Crippen LogP contribution in [-0.2, 0) is 17.8 Å². The molecule has 0 aliphatic carbocycles. The number of carbonyl (C=O) groups is 1. The number of benzene rings is 3. The Morgan fingerprint density at radius 3 is 2.56 bits per heavy atom. The minimum Gasteiger partial charge on any atom is -0.481 e. The summed E-state index contributed by atoms with van der Waals surface area (Å²) in [4.78, 5) is 15.2. The van der Waals surface area contributed by atoms with Crippen LogP contribution in [0.25, 0.3) is 0 Å². The normalized spacial score (nSPS) is 16.7. The van der Waals surface area contributed by atoms with E-state index in [9.17, 15) is 4.79 Å². The Labute approximate surface area is 204 Å². The zero-order chi connectivity index (χ0) is 24.1. The van der Waals surface area contributed by atoms with Crippen molar-refractivity contribution in [2.75, 3.05) is 6.54 Å². The quantitative estimate of drug-likeness (QED) is 0.464. The molecule has 3 aromatic rings. The van der Waals surface area contributed by atoms with E-state index >= 15 is 0 Å². The Balaban J connectivity index is 1.66. The highest BCUT2D eigenvalue weighted by atomic mass is 16.5. The van der Waals surface area contributed by atoms with Gasteiger partial charge in [0, 0.05) is 19.1 Å². The summed E-state index contributed by atoms with van der Waals surface area (Å²) in [6.45, 7) is 9.95. The van der Waals surface area contributed by atoms with Gasteiger partial charge in [0.05, 0.1) is 6.04 Å². The SMILES string of the molecule is CC[C@@H](Oc1ccc2c(c1)[C@@H](c1ccccc1)N(Cc1cccc(C)c1)CC2)C(=O)NC(C)C. The van der Waals surface area contributed by atoms with Crippen LogP contribution in [0.15, 0.2) is 72.8 Å². The smallest absolute Gasteiger partial charge is 0.261 e. The molecule has 4 heteroatoms. The van der Waals surface area contributed by atoms with E-state index in [1.807, 2.05) is 26.8 Å². The zero-order valence-corrected chi connectivity index (χ0v) is 20.8. The van der Waals surface area contributed by atoms with Crippen LogP contribution < -0.4 is 10.1 Å². The van der Waals surface area contributed by atoms with Gasteiger partial charge in [0.25, 0.3) is 5.91 Å². The Morgan fingerprint density at radius 1 is 1.06 bits per heavy atom. The number of nitrogens with one attached hydrogen (secondary N) is 1. The Bertz CT molecular complexity index is 1110. The minimum atomic E-state index is -0.498. The van der Waals surface area contributed by atoms with E-state index in [-0.39, 0.29) is 18.0 Å². The van der Waals surface area contributed by atoms with Gasteiger partial charge in [0.1, 0.15) is 5.75 Å². The molecule has 0 aromatic heterocycles. The van der Waals surface area contributed by atoms with Gasteiger partial charge in [-0.15, -0.1) is 0 Å². The maximum absolute atomic E-state index is 12.6. The Morgan fingerprint density at radius 2 is 1.85 bits per heavy atom. The topological polar surface area (TPSA) is 41.6 Å². The van der Waals surface area contributed by atoms with Crippen LogP contribution in [0, 0.1) is 6.92 Å². The number of aryl methyl sites for hydroxylation is 1. The number of carbonyl (C=O) groups excluding carboxylic acids is 1. The van der Waals surface area contributed by atoms with Crippen molar-refractivity contribution in [3.8, 4) is 5.75 Å². The van der Waals surface area contributed by atoms with Gasteiger partial charge in [-0.05, 0) is 68.0 Å². The summed E-state index contributed by atoms with van der Waals surface area (Å²) in [5.41, 5.74) is 6.50. The molecule has 0 unspecified atom stereocenters. The van der Waals surface area contributed by atoms with Crippen LogP contribution in [0.4, 0.5) is 0 Å². The zero-order valence-electron chi connectivity index (χ0n) is 20.8. The number of ether oxygens (including phenoxy) is 1. The average Bonchev–Trinajstić information content (AvgIpc) is 2.82. The molecule has 34 heavy (non-hydrogen) atoms. The van der Waals surface area contributed by atoms with Crippen LogP contribution in [-0.4, -0.2) is 29.5 Å². The van der Waals surface area contributed by atoms with Gasteiger partial charge < -0.3 is 10.1 Å². The van der Waals surface area contributed by atoms with Crippen molar-refractivity contribution in [3.05, 3.63) is 101 Å². The summed E-state index contributed by atoms with van der Waals surface area (Å²) in [7, 11) is 0. The molecule has 4 nitrogen and oxygen atoms in total. The molecule has 1 N–H and O–H groups in total. The molecule has 1 amide bonds. The van der Waals surface area contributed by atoms with Gasteiger partial charge in [-0.2, -0.15) is 0 Å². The van der Waals surface area contributed by atoms with Crippen LogP contribution in [0.3, 0.4) is 0 Å². The number of nitrogens with zero attached hydrogens (tertiary/aromatic N) is 1. The molecule has 0 saturated heterocycles. The second-order valence-corrected chi connectivity index (χ2v) is 9.56. The first-order valence-electron chi connectivity index (χ1n) is 12.4. The predicted octanol–water partition coefficient (Wildman–Crippen LogP) is 5.82. The summed E-state index contributed by atoms with van der Waals surface area (Å²) in [6, 6.07) is 26.0. The maximum atomic E-state index is 12.6. The number of hydrogen-bond acceptors (Lipinski definition) is 3. The van der Waals surface area contributed by atoms with Gasteiger partial charge in [0.2, 0.25) is 0 Å². The summed E-state index contributed by atoms with van der Waals surface area (Å²) in [5.74, 6) is 0.693. The third-order valence-corrected chi connectivity index (χ3v) is 6.40. The fourth-order valence-electron chi connectivity index (χ4n) is 4.82. The fraction of sp³-hybridized carbons (Fsp3) is 0.367. The molecule has 0 bridgehead atoms. The van der Waals surface area contributed by atoms with Gasteiger partial charge >= 0.3 is 0 Å². The van der Waals surface area contributed by atoms with E-state index in [0.29, 0.717) is 6.42 Å². The van der Waals surface area contributed by atoms with Gasteiger partial charge in [-0.1, -0.05) is 73.2 Å². The molecule has 1 aliphatic heterocycles. The van der Waals surface area contributed by atoms with E-state index < -0.39 is 6.10 Å². The molecule has 3 aromatic carbocycles. The molecule has 0 saturated carbocycles. The first kappa shape index (κ1) is 24.0. The lowest BCUT2D eigenvalue weighted by molar-refractivity contribution is -0.128. The van der Waals surface area contributed by atoms with Crippen LogP contribution >= 0.6 is 0 Å². The summed E-state index contributed by atoms with van der Waals surface area (Å²) >= 11 is 0. The van der Waals surface area contributed by atoms with E-state index in [1.165, 1.54) is 27.8 Å². The highest BCUT2D eigenvalue weighted by molar-refractivity contribution is 5.81. The maximum Gasteiger partial charge on any atom is 0.261 e. The lowest BCUT2D eigenvalue weighted by Crippen LogP contribution is -2.41. The number of amides is 1. The molecule has 2 atom stereocenters. The van der Waals surface area contributed by atoms with Crippen molar-refractivity contribution < 1.29 is 9.53 Å². The highest BCUT2D eigenvalue weighted by Crippen LogP contribution is 2.38. The fourth-order valence-corrected chi connectivity index (χ4v) is 4.82. The van der Waals surface area contributed by atoms with Gasteiger partial charge in [-0.3, -0.25) is 9.69 Å². The minimum absolute atomic E-state index is 0.0593. The van der Waals surface area contributed by atoms with Crippen molar-refractivity contribution >= 4 is 5.91 Å². The number of fused-ring (bicyclic) bond motifs is 1. The van der Waals surface area contributed by atoms with Crippen LogP contribution in [0.2, 0.25) is 0 Å². The molecular weight excluding hydrogens is 420 g/mol. The Kier molecular flexibility index (Phi) is 7.69. The first-order valence-corrected chi connectivity index (χ1v) is 12.4. The van der Waals surface area contributed by atoms with Gasteiger partial charge in [-0.25, -0.2) is 0 Å². The average molecular weight is 457 g/mol. The van der Waals surface area contributed by atoms with Crippen LogP contribution in [0.1, 0.15) is 61.1 Å². The standard InChI is InChI=1S/C30H36N2O2/c1-5-28(30(33)31-21(2)3)34-26-15-14-24-16-17-32(20-23-11-9-10-22(4)18-23)29(27(24)19-26)25-12-7-6-8-13-25/h6-15,18-19,21,28-29H,5,16-17,20H2,1-4H3,(H,31,33)/t28-,29-/m1/s1. The largest absolute Gasteiger partial charge is 0.481 e. The van der Waals surface area contributed by atoms with E-state index in [0.717, 1.165) is 25.3 Å². The molecule has 0 spiro atoms. The van der Waals surface area contributed by atoms with E-state index in [1.54, 1.807) is 0 Å². The van der Waals surface area contributed by atoms with Gasteiger partial charge in [0.15, 0.2) is 6.10 Å².